The highest BCUT2D eigenvalue weighted by molar-refractivity contribution is 6.69. The van der Waals surface area contributed by atoms with Gasteiger partial charge in [-0.15, -0.1) is 5.73 Å². The van der Waals surface area contributed by atoms with E-state index in [4.69, 9.17) is 4.43 Å². The summed E-state index contributed by atoms with van der Waals surface area (Å²) in [6.45, 7) is 15.7. The second kappa shape index (κ2) is 7.44. The molecule has 0 spiro atoms. The van der Waals surface area contributed by atoms with Crippen LogP contribution in [0.2, 0.25) is 19.6 Å². The number of hydrogen-bond acceptors (Lipinski definition) is 1. The summed E-state index contributed by atoms with van der Waals surface area (Å²) in [7, 11) is -1.55. The van der Waals surface area contributed by atoms with Gasteiger partial charge in [-0.25, -0.2) is 0 Å². The zero-order chi connectivity index (χ0) is 16.1. The fourth-order valence-electron chi connectivity index (χ4n) is 2.27. The Balaban J connectivity index is 3.07. The van der Waals surface area contributed by atoms with Gasteiger partial charge in [0.05, 0.1) is 6.10 Å². The Morgan fingerprint density at radius 1 is 1.24 bits per heavy atom. The molecule has 0 heterocycles. The van der Waals surface area contributed by atoms with E-state index in [9.17, 15) is 0 Å². The Hall–Kier alpha value is -0.823. The minimum atomic E-state index is -1.55. The van der Waals surface area contributed by atoms with Crippen LogP contribution in [0.1, 0.15) is 47.0 Å². The first kappa shape index (κ1) is 18.2. The standard InChI is InChI=1S/C19H32OSi/c1-16-10-8-12-17(2)18(20-21(5,6)7)13-15-19(3,4)14-9-11-16/h9,12-13,15,18H,8,10,14H2,1-7H3/b15-13-,17-12+. The van der Waals surface area contributed by atoms with Gasteiger partial charge in [0.15, 0.2) is 8.32 Å². The van der Waals surface area contributed by atoms with Crippen molar-refractivity contribution >= 4 is 8.32 Å². The largest absolute Gasteiger partial charge is 0.408 e. The van der Waals surface area contributed by atoms with Gasteiger partial charge in [-0.3, -0.25) is 0 Å². The van der Waals surface area contributed by atoms with Crippen molar-refractivity contribution in [2.24, 2.45) is 5.41 Å². The molecule has 0 radical (unpaired) electrons. The van der Waals surface area contributed by atoms with Crippen LogP contribution in [0.25, 0.3) is 0 Å². The molecule has 0 aromatic heterocycles. The molecule has 1 nitrogen and oxygen atoms in total. The molecule has 1 unspecified atom stereocenters. The van der Waals surface area contributed by atoms with Crippen LogP contribution in [-0.2, 0) is 4.43 Å². The second-order valence-corrected chi connectivity index (χ2v) is 12.3. The summed E-state index contributed by atoms with van der Waals surface area (Å²) in [5.74, 6) is 0. The lowest BCUT2D eigenvalue weighted by atomic mass is 9.87. The lowest BCUT2D eigenvalue weighted by Crippen LogP contribution is -2.32. The van der Waals surface area contributed by atoms with E-state index in [1.807, 2.05) is 0 Å². The van der Waals surface area contributed by atoms with Crippen LogP contribution in [0.15, 0.2) is 41.2 Å². The van der Waals surface area contributed by atoms with Gasteiger partial charge in [0.25, 0.3) is 0 Å². The Bertz CT molecular complexity index is 468. The minimum absolute atomic E-state index is 0.128. The van der Waals surface area contributed by atoms with E-state index in [1.165, 1.54) is 11.1 Å². The van der Waals surface area contributed by atoms with E-state index in [1.54, 1.807) is 0 Å². The molecule has 0 aromatic rings. The summed E-state index contributed by atoms with van der Waals surface area (Å²) in [5.41, 5.74) is 6.24. The van der Waals surface area contributed by atoms with Crippen molar-refractivity contribution < 1.29 is 4.43 Å². The predicted octanol–water partition coefficient (Wildman–Crippen LogP) is 6.02. The summed E-state index contributed by atoms with van der Waals surface area (Å²) in [4.78, 5) is 0. The molecule has 0 amide bonds. The Morgan fingerprint density at radius 3 is 2.52 bits per heavy atom. The summed E-state index contributed by atoms with van der Waals surface area (Å²) in [5, 5.41) is 0. The van der Waals surface area contributed by atoms with Gasteiger partial charge in [-0.2, -0.15) is 0 Å². The zero-order valence-electron chi connectivity index (χ0n) is 14.9. The molecule has 1 atom stereocenters. The third kappa shape index (κ3) is 7.66. The summed E-state index contributed by atoms with van der Waals surface area (Å²) in [6.07, 6.45) is 12.4. The van der Waals surface area contributed by atoms with Crippen LogP contribution >= 0.6 is 0 Å². The van der Waals surface area contributed by atoms with Crippen molar-refractivity contribution in [1.29, 1.82) is 0 Å². The van der Waals surface area contributed by atoms with Crippen LogP contribution in [-0.4, -0.2) is 14.4 Å². The first-order valence-corrected chi connectivity index (χ1v) is 11.4. The molecule has 1 rings (SSSR count). The lowest BCUT2D eigenvalue weighted by molar-refractivity contribution is 0.274. The normalized spacial score (nSPS) is 27.9. The van der Waals surface area contributed by atoms with Crippen LogP contribution in [0.5, 0.6) is 0 Å². The third-order valence-electron chi connectivity index (χ3n) is 3.61. The molecule has 2 heteroatoms. The van der Waals surface area contributed by atoms with Gasteiger partial charge < -0.3 is 4.43 Å². The first-order chi connectivity index (χ1) is 9.59. The van der Waals surface area contributed by atoms with Crippen molar-refractivity contribution in [3.8, 4) is 0 Å². The second-order valence-electron chi connectivity index (χ2n) is 7.82. The highest BCUT2D eigenvalue weighted by atomic mass is 28.4. The zero-order valence-corrected chi connectivity index (χ0v) is 15.9. The molecule has 0 saturated carbocycles. The van der Waals surface area contributed by atoms with E-state index in [2.05, 4.69) is 77.4 Å². The fourth-order valence-corrected chi connectivity index (χ4v) is 3.30. The minimum Gasteiger partial charge on any atom is -0.408 e. The van der Waals surface area contributed by atoms with E-state index in [0.717, 1.165) is 19.3 Å². The monoisotopic (exact) mass is 304 g/mol. The van der Waals surface area contributed by atoms with Crippen molar-refractivity contribution in [1.82, 2.24) is 0 Å². The van der Waals surface area contributed by atoms with Gasteiger partial charge in [0.1, 0.15) is 0 Å². The molecular weight excluding hydrogens is 272 g/mol. The van der Waals surface area contributed by atoms with Gasteiger partial charge in [-0.1, -0.05) is 32.1 Å². The Labute approximate surface area is 132 Å². The molecule has 118 valence electrons. The third-order valence-corrected chi connectivity index (χ3v) is 4.57. The molecule has 1 aliphatic carbocycles. The van der Waals surface area contributed by atoms with E-state index in [-0.39, 0.29) is 11.5 Å². The maximum atomic E-state index is 6.37. The molecular formula is C19H32OSi. The number of allylic oxidation sites excluding steroid dienone is 3. The molecule has 21 heavy (non-hydrogen) atoms. The number of hydrogen-bond donors (Lipinski definition) is 0. The smallest absolute Gasteiger partial charge is 0.185 e. The highest BCUT2D eigenvalue weighted by Gasteiger charge is 2.21. The van der Waals surface area contributed by atoms with E-state index < -0.39 is 8.32 Å². The Morgan fingerprint density at radius 2 is 1.90 bits per heavy atom. The van der Waals surface area contributed by atoms with Crippen molar-refractivity contribution in [3.05, 3.63) is 41.2 Å². The van der Waals surface area contributed by atoms with E-state index >= 15 is 0 Å². The summed E-state index contributed by atoms with van der Waals surface area (Å²) in [6, 6.07) is 0. The SMILES string of the molecule is CC1=C=CCC(C)(C)/C=C\C(O[Si](C)(C)C)/C(C)=C/CC1. The van der Waals surface area contributed by atoms with Crippen LogP contribution in [0.4, 0.5) is 0 Å². The predicted molar refractivity (Wildman–Crippen MR) is 96.0 cm³/mol. The lowest BCUT2D eigenvalue weighted by Gasteiger charge is -2.27. The molecule has 0 bridgehead atoms. The van der Waals surface area contributed by atoms with Crippen molar-refractivity contribution in [2.75, 3.05) is 0 Å². The molecule has 1 aliphatic rings. The fraction of sp³-hybridized carbons (Fsp3) is 0.632. The molecule has 0 N–H and O–H groups in total. The molecule has 0 saturated heterocycles. The highest BCUT2D eigenvalue weighted by Crippen LogP contribution is 2.26. The molecule has 0 fully saturated rings. The first-order valence-electron chi connectivity index (χ1n) is 8.03. The van der Waals surface area contributed by atoms with Crippen LogP contribution < -0.4 is 0 Å². The van der Waals surface area contributed by atoms with Crippen molar-refractivity contribution in [3.63, 3.8) is 0 Å². The topological polar surface area (TPSA) is 9.23 Å². The van der Waals surface area contributed by atoms with Gasteiger partial charge >= 0.3 is 0 Å². The Kier molecular flexibility index (Phi) is 6.46. The van der Waals surface area contributed by atoms with Crippen LogP contribution in [0, 0.1) is 5.41 Å². The quantitative estimate of drug-likeness (QED) is 0.344. The number of rotatable bonds is 2. The van der Waals surface area contributed by atoms with Crippen molar-refractivity contribution in [2.45, 2.75) is 72.7 Å². The maximum Gasteiger partial charge on any atom is 0.185 e. The van der Waals surface area contributed by atoms with Gasteiger partial charge in [0, 0.05) is 0 Å². The average molecular weight is 305 g/mol. The average Bonchev–Trinajstić information content (AvgIpc) is 2.31. The summed E-state index contributed by atoms with van der Waals surface area (Å²) >= 11 is 0. The van der Waals surface area contributed by atoms with Gasteiger partial charge in [-0.05, 0) is 75.4 Å². The maximum absolute atomic E-state index is 6.37. The molecule has 0 aliphatic heterocycles. The van der Waals surface area contributed by atoms with Gasteiger partial charge in [0.2, 0.25) is 0 Å². The van der Waals surface area contributed by atoms with E-state index in [0.29, 0.717) is 0 Å². The van der Waals surface area contributed by atoms with Crippen LogP contribution in [0.3, 0.4) is 0 Å². The molecule has 0 aromatic carbocycles. The summed E-state index contributed by atoms with van der Waals surface area (Å²) < 4.78 is 6.37.